The minimum Gasteiger partial charge on any atom is -0.352 e. The predicted octanol–water partition coefficient (Wildman–Crippen LogP) is 3.10. The van der Waals surface area contributed by atoms with Gasteiger partial charge >= 0.3 is 0 Å². The van der Waals surface area contributed by atoms with Crippen LogP contribution in [-0.2, 0) is 20.2 Å². The van der Waals surface area contributed by atoms with Crippen molar-refractivity contribution in [3.8, 4) is 0 Å². The second-order valence-corrected chi connectivity index (χ2v) is 10.6. The fourth-order valence-corrected chi connectivity index (χ4v) is 4.36. The fourth-order valence-electron chi connectivity index (χ4n) is 3.02. The number of carbonyl (C=O) groups is 2. The first-order chi connectivity index (χ1) is 14.5. The fraction of sp³-hybridized carbons (Fsp3) is 0.391. The Hall–Kier alpha value is -2.87. The van der Waals surface area contributed by atoms with Crippen molar-refractivity contribution >= 4 is 27.5 Å². The normalized spacial score (nSPS) is 14.1. The molecule has 1 fully saturated rings. The first kappa shape index (κ1) is 22.8. The van der Waals surface area contributed by atoms with Gasteiger partial charge < -0.3 is 10.6 Å². The molecule has 0 atom stereocenters. The molecule has 0 bridgehead atoms. The van der Waals surface area contributed by atoms with Gasteiger partial charge in [-0.25, -0.2) is 8.42 Å². The van der Waals surface area contributed by atoms with Crippen LogP contribution >= 0.6 is 0 Å². The number of nitrogens with one attached hydrogen (secondary N) is 3. The SMILES string of the molecule is Cc1ccc(C(C)(C)C)cc1S(=O)(=O)Nc1ccc(C(=O)NCC(=O)NC2CC2)cc1. The van der Waals surface area contributed by atoms with Gasteiger partial charge in [0.05, 0.1) is 11.4 Å². The molecule has 0 saturated heterocycles. The minimum absolute atomic E-state index is 0.0902. The Morgan fingerprint density at radius 3 is 2.26 bits per heavy atom. The van der Waals surface area contributed by atoms with Crippen molar-refractivity contribution < 1.29 is 18.0 Å². The molecule has 3 N–H and O–H groups in total. The zero-order chi connectivity index (χ0) is 22.8. The summed E-state index contributed by atoms with van der Waals surface area (Å²) >= 11 is 0. The monoisotopic (exact) mass is 443 g/mol. The van der Waals surface area contributed by atoms with E-state index in [4.69, 9.17) is 0 Å². The van der Waals surface area contributed by atoms with Gasteiger partial charge in [0.2, 0.25) is 5.91 Å². The number of hydrogen-bond acceptors (Lipinski definition) is 4. The lowest BCUT2D eigenvalue weighted by molar-refractivity contribution is -0.120. The van der Waals surface area contributed by atoms with Gasteiger partial charge in [-0.05, 0) is 66.6 Å². The number of hydrogen-bond donors (Lipinski definition) is 3. The second-order valence-electron chi connectivity index (χ2n) is 8.94. The van der Waals surface area contributed by atoms with Crippen molar-refractivity contribution in [3.63, 3.8) is 0 Å². The van der Waals surface area contributed by atoms with Crippen LogP contribution in [0.1, 0.15) is 55.1 Å². The maximum atomic E-state index is 13.0. The van der Waals surface area contributed by atoms with Gasteiger partial charge in [-0.15, -0.1) is 0 Å². The molecule has 8 heteroatoms. The lowest BCUT2D eigenvalue weighted by Crippen LogP contribution is -2.37. The molecule has 3 rings (SSSR count). The van der Waals surface area contributed by atoms with Crippen LogP contribution in [0.3, 0.4) is 0 Å². The molecule has 2 amide bonds. The average molecular weight is 444 g/mol. The van der Waals surface area contributed by atoms with Crippen LogP contribution in [0.25, 0.3) is 0 Å². The number of carbonyl (C=O) groups excluding carboxylic acids is 2. The Balaban J connectivity index is 1.67. The van der Waals surface area contributed by atoms with Crippen LogP contribution in [0, 0.1) is 6.92 Å². The van der Waals surface area contributed by atoms with E-state index in [2.05, 4.69) is 15.4 Å². The highest BCUT2D eigenvalue weighted by molar-refractivity contribution is 7.92. The summed E-state index contributed by atoms with van der Waals surface area (Å²) in [5, 5.41) is 5.36. The summed E-state index contributed by atoms with van der Waals surface area (Å²) < 4.78 is 28.5. The first-order valence-electron chi connectivity index (χ1n) is 10.3. The molecule has 1 aliphatic carbocycles. The number of sulfonamides is 1. The summed E-state index contributed by atoms with van der Waals surface area (Å²) in [4.78, 5) is 24.1. The molecule has 2 aromatic carbocycles. The van der Waals surface area contributed by atoms with E-state index >= 15 is 0 Å². The van der Waals surface area contributed by atoms with E-state index in [0.29, 0.717) is 16.8 Å². The standard InChI is InChI=1S/C23H29N3O4S/c1-15-5-8-17(23(2,3)4)13-20(15)31(29,30)26-19-9-6-16(7-10-19)22(28)24-14-21(27)25-18-11-12-18/h5-10,13,18,26H,11-12,14H2,1-4H3,(H,24,28)(H,25,27). The smallest absolute Gasteiger partial charge is 0.262 e. The molecule has 0 spiro atoms. The summed E-state index contributed by atoms with van der Waals surface area (Å²) in [7, 11) is -3.79. The molecule has 1 saturated carbocycles. The molecule has 7 nitrogen and oxygen atoms in total. The van der Waals surface area contributed by atoms with E-state index < -0.39 is 15.9 Å². The van der Waals surface area contributed by atoms with Crippen molar-refractivity contribution in [2.75, 3.05) is 11.3 Å². The quantitative estimate of drug-likeness (QED) is 0.612. The highest BCUT2D eigenvalue weighted by Gasteiger charge is 2.24. The van der Waals surface area contributed by atoms with Crippen molar-refractivity contribution in [1.29, 1.82) is 0 Å². The van der Waals surface area contributed by atoms with Gasteiger partial charge in [0.15, 0.2) is 0 Å². The van der Waals surface area contributed by atoms with Crippen LogP contribution in [0.15, 0.2) is 47.4 Å². The summed E-state index contributed by atoms with van der Waals surface area (Å²) in [6, 6.07) is 11.8. The number of anilines is 1. The Morgan fingerprint density at radius 1 is 1.03 bits per heavy atom. The van der Waals surface area contributed by atoms with Gasteiger partial charge in [-0.2, -0.15) is 0 Å². The van der Waals surface area contributed by atoms with Crippen molar-refractivity contribution in [1.82, 2.24) is 10.6 Å². The van der Waals surface area contributed by atoms with Gasteiger partial charge in [0.1, 0.15) is 0 Å². The Kier molecular flexibility index (Phi) is 6.40. The average Bonchev–Trinajstić information content (AvgIpc) is 3.49. The summed E-state index contributed by atoms with van der Waals surface area (Å²) in [6.07, 6.45) is 1.97. The van der Waals surface area contributed by atoms with Gasteiger partial charge in [0.25, 0.3) is 15.9 Å². The zero-order valence-corrected chi connectivity index (χ0v) is 19.1. The van der Waals surface area contributed by atoms with E-state index in [1.165, 1.54) is 24.3 Å². The van der Waals surface area contributed by atoms with Crippen molar-refractivity contribution in [3.05, 3.63) is 59.2 Å². The highest BCUT2D eigenvalue weighted by atomic mass is 32.2. The molecule has 0 radical (unpaired) electrons. The van der Waals surface area contributed by atoms with Crippen molar-refractivity contribution in [2.45, 2.75) is 56.9 Å². The number of aryl methyl sites for hydroxylation is 1. The Labute approximate surface area is 183 Å². The van der Waals surface area contributed by atoms with Crippen LogP contribution < -0.4 is 15.4 Å². The van der Waals surface area contributed by atoms with E-state index in [-0.39, 0.29) is 28.8 Å². The largest absolute Gasteiger partial charge is 0.352 e. The van der Waals surface area contributed by atoms with E-state index in [0.717, 1.165) is 18.4 Å². The maximum Gasteiger partial charge on any atom is 0.262 e. The molecule has 0 unspecified atom stereocenters. The third kappa shape index (κ3) is 6.07. The van der Waals surface area contributed by atoms with Crippen LogP contribution in [0.5, 0.6) is 0 Å². The summed E-state index contributed by atoms with van der Waals surface area (Å²) in [5.41, 5.74) is 2.09. The summed E-state index contributed by atoms with van der Waals surface area (Å²) in [6.45, 7) is 7.75. The van der Waals surface area contributed by atoms with Gasteiger partial charge in [-0.3, -0.25) is 14.3 Å². The molecule has 0 aliphatic heterocycles. The number of benzene rings is 2. The van der Waals surface area contributed by atoms with E-state index in [1.807, 2.05) is 32.9 Å². The molecule has 2 aromatic rings. The Bertz CT molecular complexity index is 1080. The topological polar surface area (TPSA) is 104 Å². The minimum atomic E-state index is -3.79. The lowest BCUT2D eigenvalue weighted by atomic mass is 9.87. The molecule has 166 valence electrons. The van der Waals surface area contributed by atoms with Gasteiger partial charge in [0, 0.05) is 17.3 Å². The zero-order valence-electron chi connectivity index (χ0n) is 18.3. The van der Waals surface area contributed by atoms with Crippen LogP contribution in [0.4, 0.5) is 5.69 Å². The molecule has 0 heterocycles. The van der Waals surface area contributed by atoms with Crippen LogP contribution in [-0.4, -0.2) is 32.8 Å². The summed E-state index contributed by atoms with van der Waals surface area (Å²) in [5.74, 6) is -0.609. The van der Waals surface area contributed by atoms with Gasteiger partial charge in [-0.1, -0.05) is 32.9 Å². The third-order valence-electron chi connectivity index (χ3n) is 5.09. The number of rotatable bonds is 7. The van der Waals surface area contributed by atoms with E-state index in [9.17, 15) is 18.0 Å². The third-order valence-corrected chi connectivity index (χ3v) is 6.62. The van der Waals surface area contributed by atoms with Crippen molar-refractivity contribution in [2.24, 2.45) is 0 Å². The van der Waals surface area contributed by atoms with E-state index in [1.54, 1.807) is 13.0 Å². The Morgan fingerprint density at radius 2 is 1.68 bits per heavy atom. The molecular weight excluding hydrogens is 414 g/mol. The molecular formula is C23H29N3O4S. The molecule has 0 aromatic heterocycles. The molecule has 1 aliphatic rings. The second kappa shape index (κ2) is 8.70. The lowest BCUT2D eigenvalue weighted by Gasteiger charge is -2.21. The molecule has 31 heavy (non-hydrogen) atoms. The highest BCUT2D eigenvalue weighted by Crippen LogP contribution is 2.28. The predicted molar refractivity (Wildman–Crippen MR) is 121 cm³/mol. The first-order valence-corrected chi connectivity index (χ1v) is 11.8. The van der Waals surface area contributed by atoms with Crippen LogP contribution in [0.2, 0.25) is 0 Å². The maximum absolute atomic E-state index is 13.0. The number of amides is 2.